The van der Waals surface area contributed by atoms with Crippen molar-refractivity contribution < 1.29 is 14.6 Å². The highest BCUT2D eigenvalue weighted by Gasteiger charge is 2.14. The second kappa shape index (κ2) is 7.58. The third kappa shape index (κ3) is 5.27. The van der Waals surface area contributed by atoms with Crippen molar-refractivity contribution in [3.63, 3.8) is 0 Å². The average molecular weight is 306 g/mol. The van der Waals surface area contributed by atoms with E-state index in [1.165, 1.54) is 0 Å². The maximum absolute atomic E-state index is 11.6. The number of ether oxygens (including phenoxy) is 1. The molecule has 19 heavy (non-hydrogen) atoms. The number of benzene rings is 1. The summed E-state index contributed by atoms with van der Waals surface area (Å²) in [4.78, 5) is 11.6. The van der Waals surface area contributed by atoms with Gasteiger partial charge < -0.3 is 15.2 Å². The van der Waals surface area contributed by atoms with Crippen LogP contribution in [0.4, 0.5) is 0 Å². The Morgan fingerprint density at radius 3 is 2.63 bits per heavy atom. The predicted molar refractivity (Wildman–Crippen MR) is 75.8 cm³/mol. The molecule has 2 N–H and O–H groups in total. The van der Waals surface area contributed by atoms with Crippen LogP contribution in [0.1, 0.15) is 13.8 Å². The van der Waals surface area contributed by atoms with Gasteiger partial charge in [0.05, 0.1) is 10.0 Å². The lowest BCUT2D eigenvalue weighted by molar-refractivity contribution is -0.124. The van der Waals surface area contributed by atoms with E-state index in [0.29, 0.717) is 15.8 Å². The summed E-state index contributed by atoms with van der Waals surface area (Å²) in [5, 5.41) is 12.5. The smallest absolute Gasteiger partial charge is 0.258 e. The van der Waals surface area contributed by atoms with Crippen molar-refractivity contribution in [2.45, 2.75) is 19.9 Å². The molecule has 1 rings (SSSR count). The fourth-order valence-corrected chi connectivity index (χ4v) is 1.60. The Morgan fingerprint density at radius 2 is 2.05 bits per heavy atom. The zero-order valence-corrected chi connectivity index (χ0v) is 12.3. The summed E-state index contributed by atoms with van der Waals surface area (Å²) in [6, 6.07) is 4.68. The van der Waals surface area contributed by atoms with E-state index >= 15 is 0 Å². The van der Waals surface area contributed by atoms with E-state index in [4.69, 9.17) is 33.0 Å². The van der Waals surface area contributed by atoms with Crippen molar-refractivity contribution in [1.82, 2.24) is 5.32 Å². The van der Waals surface area contributed by atoms with E-state index in [2.05, 4.69) is 5.32 Å². The zero-order valence-electron chi connectivity index (χ0n) is 10.8. The minimum Gasteiger partial charge on any atom is -0.484 e. The van der Waals surface area contributed by atoms with Crippen LogP contribution in [0.25, 0.3) is 0 Å². The molecule has 0 aromatic heterocycles. The molecule has 0 aliphatic carbocycles. The molecule has 1 amide bonds. The third-order valence-corrected chi connectivity index (χ3v) is 3.53. The summed E-state index contributed by atoms with van der Waals surface area (Å²) >= 11 is 11.6. The first-order chi connectivity index (χ1) is 8.93. The van der Waals surface area contributed by atoms with Gasteiger partial charge in [0.15, 0.2) is 6.61 Å². The summed E-state index contributed by atoms with van der Waals surface area (Å²) in [5.41, 5.74) is 0. The lowest BCUT2D eigenvalue weighted by Crippen LogP contribution is -2.40. The van der Waals surface area contributed by atoms with Crippen LogP contribution in [-0.4, -0.2) is 30.3 Å². The van der Waals surface area contributed by atoms with Gasteiger partial charge in [0.25, 0.3) is 5.91 Å². The molecular formula is C13H17Cl2NO3. The Labute approximate surface area is 122 Å². The first-order valence-electron chi connectivity index (χ1n) is 5.92. The number of rotatable bonds is 6. The quantitative estimate of drug-likeness (QED) is 0.849. The monoisotopic (exact) mass is 305 g/mol. The highest BCUT2D eigenvalue weighted by Crippen LogP contribution is 2.26. The lowest BCUT2D eigenvalue weighted by atomic mass is 10.1. The van der Waals surface area contributed by atoms with E-state index in [0.717, 1.165) is 0 Å². The van der Waals surface area contributed by atoms with Gasteiger partial charge in [-0.2, -0.15) is 0 Å². The third-order valence-electron chi connectivity index (χ3n) is 2.79. The summed E-state index contributed by atoms with van der Waals surface area (Å²) in [6.45, 7) is 3.60. The van der Waals surface area contributed by atoms with Crippen LogP contribution in [0.3, 0.4) is 0 Å². The molecule has 0 radical (unpaired) electrons. The van der Waals surface area contributed by atoms with Gasteiger partial charge in [-0.15, -0.1) is 0 Å². The standard InChI is InChI=1S/C13H17Cl2NO3/c1-8(6-17)9(2)16-13(18)7-19-10-3-4-11(14)12(15)5-10/h3-5,8-9,17H,6-7H2,1-2H3,(H,16,18). The van der Waals surface area contributed by atoms with Crippen LogP contribution in [0.2, 0.25) is 10.0 Å². The van der Waals surface area contributed by atoms with Gasteiger partial charge >= 0.3 is 0 Å². The molecule has 2 unspecified atom stereocenters. The summed E-state index contributed by atoms with van der Waals surface area (Å²) in [5.74, 6) is 0.222. The highest BCUT2D eigenvalue weighted by molar-refractivity contribution is 6.42. The van der Waals surface area contributed by atoms with E-state index in [-0.39, 0.29) is 31.1 Å². The van der Waals surface area contributed by atoms with Gasteiger partial charge in [0.2, 0.25) is 0 Å². The molecule has 0 aliphatic heterocycles. The van der Waals surface area contributed by atoms with E-state index in [9.17, 15) is 4.79 Å². The first-order valence-corrected chi connectivity index (χ1v) is 6.67. The van der Waals surface area contributed by atoms with E-state index in [1.807, 2.05) is 13.8 Å². The van der Waals surface area contributed by atoms with Crippen LogP contribution in [0.15, 0.2) is 18.2 Å². The average Bonchev–Trinajstić information content (AvgIpc) is 2.39. The molecule has 1 aromatic carbocycles. The molecule has 0 saturated heterocycles. The van der Waals surface area contributed by atoms with Crippen LogP contribution in [0.5, 0.6) is 5.75 Å². The number of carbonyl (C=O) groups excluding carboxylic acids is 1. The Bertz CT molecular complexity index is 440. The topological polar surface area (TPSA) is 58.6 Å². The molecular weight excluding hydrogens is 289 g/mol. The fourth-order valence-electron chi connectivity index (χ4n) is 1.31. The lowest BCUT2D eigenvalue weighted by Gasteiger charge is -2.19. The van der Waals surface area contributed by atoms with Gasteiger partial charge in [0.1, 0.15) is 5.75 Å². The Balaban J connectivity index is 2.43. The molecule has 0 saturated carbocycles. The maximum atomic E-state index is 11.6. The Morgan fingerprint density at radius 1 is 1.37 bits per heavy atom. The molecule has 2 atom stereocenters. The highest BCUT2D eigenvalue weighted by atomic mass is 35.5. The molecule has 0 fully saturated rings. The Hall–Kier alpha value is -0.970. The zero-order chi connectivity index (χ0) is 14.4. The van der Waals surface area contributed by atoms with Crippen molar-refractivity contribution in [1.29, 1.82) is 0 Å². The molecule has 0 bridgehead atoms. The summed E-state index contributed by atoms with van der Waals surface area (Å²) < 4.78 is 5.30. The molecule has 0 spiro atoms. The van der Waals surface area contributed by atoms with Crippen LogP contribution in [0, 0.1) is 5.92 Å². The van der Waals surface area contributed by atoms with Gasteiger partial charge in [-0.05, 0) is 25.0 Å². The summed E-state index contributed by atoms with van der Waals surface area (Å²) in [6.07, 6.45) is 0. The fraction of sp³-hybridized carbons (Fsp3) is 0.462. The molecule has 106 valence electrons. The molecule has 0 heterocycles. The number of aliphatic hydroxyl groups excluding tert-OH is 1. The number of nitrogens with one attached hydrogen (secondary N) is 1. The minimum absolute atomic E-state index is 0.00562. The first kappa shape index (κ1) is 16.1. The van der Waals surface area contributed by atoms with Gasteiger partial charge in [-0.3, -0.25) is 4.79 Å². The Kier molecular flexibility index (Phi) is 6.42. The van der Waals surface area contributed by atoms with Crippen LogP contribution >= 0.6 is 23.2 Å². The maximum Gasteiger partial charge on any atom is 0.258 e. The second-order valence-corrected chi connectivity index (χ2v) is 5.20. The van der Waals surface area contributed by atoms with Gasteiger partial charge in [-0.1, -0.05) is 30.1 Å². The van der Waals surface area contributed by atoms with Crippen molar-refractivity contribution in [3.8, 4) is 5.75 Å². The number of aliphatic hydroxyl groups is 1. The minimum atomic E-state index is -0.251. The summed E-state index contributed by atoms with van der Waals surface area (Å²) in [7, 11) is 0. The largest absolute Gasteiger partial charge is 0.484 e. The van der Waals surface area contributed by atoms with Crippen LogP contribution < -0.4 is 10.1 Å². The second-order valence-electron chi connectivity index (χ2n) is 4.38. The van der Waals surface area contributed by atoms with Crippen molar-refractivity contribution in [2.75, 3.05) is 13.2 Å². The normalized spacial score (nSPS) is 13.7. The molecule has 0 aliphatic rings. The predicted octanol–water partition coefficient (Wildman–Crippen LogP) is 2.51. The number of amides is 1. The van der Waals surface area contributed by atoms with E-state index < -0.39 is 0 Å². The number of halogens is 2. The number of hydrogen-bond acceptors (Lipinski definition) is 3. The SMILES string of the molecule is CC(CO)C(C)NC(=O)COc1ccc(Cl)c(Cl)c1. The molecule has 4 nitrogen and oxygen atoms in total. The van der Waals surface area contributed by atoms with Gasteiger partial charge in [0, 0.05) is 18.7 Å². The van der Waals surface area contributed by atoms with Crippen molar-refractivity contribution >= 4 is 29.1 Å². The molecule has 6 heteroatoms. The molecule has 1 aromatic rings. The van der Waals surface area contributed by atoms with Crippen molar-refractivity contribution in [2.24, 2.45) is 5.92 Å². The number of hydrogen-bond donors (Lipinski definition) is 2. The van der Waals surface area contributed by atoms with Gasteiger partial charge in [-0.25, -0.2) is 0 Å². The van der Waals surface area contributed by atoms with Crippen molar-refractivity contribution in [3.05, 3.63) is 28.2 Å². The van der Waals surface area contributed by atoms with E-state index in [1.54, 1.807) is 18.2 Å². The number of carbonyl (C=O) groups is 1. The van der Waals surface area contributed by atoms with Crippen LogP contribution in [-0.2, 0) is 4.79 Å².